The summed E-state index contributed by atoms with van der Waals surface area (Å²) in [7, 11) is 0. The molecule has 3 heteroatoms. The number of hydrogen-bond acceptors (Lipinski definition) is 3. The lowest BCUT2D eigenvalue weighted by Gasteiger charge is -2.05. The van der Waals surface area contributed by atoms with Gasteiger partial charge < -0.3 is 9.47 Å². The van der Waals surface area contributed by atoms with Gasteiger partial charge in [0.25, 0.3) is 0 Å². The Balaban J connectivity index is 1.98. The number of ether oxygens (including phenoxy) is 2. The van der Waals surface area contributed by atoms with E-state index in [1.807, 2.05) is 11.8 Å². The first-order valence-corrected chi connectivity index (χ1v) is 4.55. The fourth-order valence-corrected chi connectivity index (χ4v) is 1.22. The monoisotopic (exact) mass is 148 g/mol. The third kappa shape index (κ3) is 2.56. The summed E-state index contributed by atoms with van der Waals surface area (Å²) in [5, 5.41) is 0. The first-order valence-electron chi connectivity index (χ1n) is 3.15. The van der Waals surface area contributed by atoms with Gasteiger partial charge in [-0.05, 0) is 12.0 Å². The number of rotatable bonds is 3. The van der Waals surface area contributed by atoms with Crippen molar-refractivity contribution in [1.82, 2.24) is 0 Å². The van der Waals surface area contributed by atoms with Gasteiger partial charge in [0.15, 0.2) is 6.29 Å². The molecule has 0 unspecified atom stereocenters. The largest absolute Gasteiger partial charge is 0.350 e. The van der Waals surface area contributed by atoms with Crippen LogP contribution in [-0.2, 0) is 9.47 Å². The Morgan fingerprint density at radius 3 is 2.67 bits per heavy atom. The SMILES string of the molecule is CSCCC1OCCO1. The average Bonchev–Trinajstić information content (AvgIpc) is 2.34. The van der Waals surface area contributed by atoms with Crippen molar-refractivity contribution < 1.29 is 9.47 Å². The normalized spacial score (nSPS) is 21.0. The van der Waals surface area contributed by atoms with Gasteiger partial charge in [-0.2, -0.15) is 11.8 Å². The zero-order valence-corrected chi connectivity index (χ0v) is 6.45. The van der Waals surface area contributed by atoms with Crippen LogP contribution in [-0.4, -0.2) is 31.5 Å². The second kappa shape index (κ2) is 4.14. The molecule has 0 amide bonds. The van der Waals surface area contributed by atoms with Crippen LogP contribution < -0.4 is 0 Å². The van der Waals surface area contributed by atoms with Crippen LogP contribution in [0.3, 0.4) is 0 Å². The minimum atomic E-state index is 0.0949. The van der Waals surface area contributed by atoms with Crippen LogP contribution in [0.2, 0.25) is 0 Å². The molecule has 0 N–H and O–H groups in total. The molecule has 1 aliphatic rings. The van der Waals surface area contributed by atoms with Crippen molar-refractivity contribution in [2.75, 3.05) is 25.2 Å². The highest BCUT2D eigenvalue weighted by molar-refractivity contribution is 7.98. The van der Waals surface area contributed by atoms with Crippen molar-refractivity contribution in [1.29, 1.82) is 0 Å². The minimum Gasteiger partial charge on any atom is -0.350 e. The van der Waals surface area contributed by atoms with Crippen molar-refractivity contribution in [2.24, 2.45) is 0 Å². The Morgan fingerprint density at radius 1 is 1.44 bits per heavy atom. The molecule has 1 saturated heterocycles. The molecule has 0 aliphatic carbocycles. The van der Waals surface area contributed by atoms with Crippen LogP contribution in [0.25, 0.3) is 0 Å². The van der Waals surface area contributed by atoms with Crippen LogP contribution in [0.5, 0.6) is 0 Å². The molecule has 1 aliphatic heterocycles. The first-order chi connectivity index (χ1) is 4.43. The highest BCUT2D eigenvalue weighted by Gasteiger charge is 2.14. The predicted molar refractivity (Wildman–Crippen MR) is 38.7 cm³/mol. The Hall–Kier alpha value is 0.270. The van der Waals surface area contributed by atoms with Crippen LogP contribution >= 0.6 is 11.8 Å². The summed E-state index contributed by atoms with van der Waals surface area (Å²) < 4.78 is 10.4. The van der Waals surface area contributed by atoms with E-state index in [1.54, 1.807) is 0 Å². The van der Waals surface area contributed by atoms with Crippen molar-refractivity contribution >= 4 is 11.8 Å². The molecule has 54 valence electrons. The molecule has 1 rings (SSSR count). The van der Waals surface area contributed by atoms with Gasteiger partial charge in [-0.1, -0.05) is 0 Å². The summed E-state index contributed by atoms with van der Waals surface area (Å²) in [4.78, 5) is 0. The Morgan fingerprint density at radius 2 is 2.11 bits per heavy atom. The molecule has 1 fully saturated rings. The van der Waals surface area contributed by atoms with Gasteiger partial charge in [0, 0.05) is 6.42 Å². The van der Waals surface area contributed by atoms with E-state index in [0.717, 1.165) is 25.4 Å². The lowest BCUT2D eigenvalue weighted by Crippen LogP contribution is -2.07. The van der Waals surface area contributed by atoms with Gasteiger partial charge in [0.2, 0.25) is 0 Å². The Bertz CT molecular complexity index is 71.5. The molecule has 0 radical (unpaired) electrons. The number of hydrogen-bond donors (Lipinski definition) is 0. The lowest BCUT2D eigenvalue weighted by molar-refractivity contribution is -0.0421. The fourth-order valence-electron chi connectivity index (χ4n) is 0.788. The van der Waals surface area contributed by atoms with E-state index < -0.39 is 0 Å². The molecular formula is C6H12O2S. The van der Waals surface area contributed by atoms with E-state index in [4.69, 9.17) is 9.47 Å². The molecule has 0 saturated carbocycles. The minimum absolute atomic E-state index is 0.0949. The molecule has 1 heterocycles. The topological polar surface area (TPSA) is 18.5 Å². The quantitative estimate of drug-likeness (QED) is 0.597. The van der Waals surface area contributed by atoms with Gasteiger partial charge in [-0.25, -0.2) is 0 Å². The summed E-state index contributed by atoms with van der Waals surface area (Å²) in [5.41, 5.74) is 0. The molecular weight excluding hydrogens is 136 g/mol. The van der Waals surface area contributed by atoms with Gasteiger partial charge in [-0.3, -0.25) is 0 Å². The third-order valence-corrected chi connectivity index (χ3v) is 1.89. The molecule has 9 heavy (non-hydrogen) atoms. The van der Waals surface area contributed by atoms with Crippen LogP contribution in [0.1, 0.15) is 6.42 Å². The second-order valence-electron chi connectivity index (χ2n) is 1.95. The second-order valence-corrected chi connectivity index (χ2v) is 2.94. The fraction of sp³-hybridized carbons (Fsp3) is 1.00. The maximum atomic E-state index is 5.22. The summed E-state index contributed by atoms with van der Waals surface area (Å²) in [6.45, 7) is 1.55. The van der Waals surface area contributed by atoms with E-state index in [9.17, 15) is 0 Å². The molecule has 0 aromatic heterocycles. The van der Waals surface area contributed by atoms with Gasteiger partial charge in [-0.15, -0.1) is 0 Å². The zero-order chi connectivity index (χ0) is 6.53. The molecule has 0 aromatic rings. The van der Waals surface area contributed by atoms with Gasteiger partial charge in [0.05, 0.1) is 13.2 Å². The van der Waals surface area contributed by atoms with Gasteiger partial charge >= 0.3 is 0 Å². The highest BCUT2D eigenvalue weighted by Crippen LogP contribution is 2.09. The summed E-state index contributed by atoms with van der Waals surface area (Å²) in [5.74, 6) is 1.13. The van der Waals surface area contributed by atoms with E-state index in [2.05, 4.69) is 6.26 Å². The molecule has 0 atom stereocenters. The highest BCUT2D eigenvalue weighted by atomic mass is 32.2. The van der Waals surface area contributed by atoms with Crippen molar-refractivity contribution in [2.45, 2.75) is 12.7 Å². The van der Waals surface area contributed by atoms with E-state index in [1.165, 1.54) is 0 Å². The standard InChI is InChI=1S/C6H12O2S/c1-9-5-2-6-7-3-4-8-6/h6H,2-5H2,1H3. The van der Waals surface area contributed by atoms with Crippen molar-refractivity contribution in [3.63, 3.8) is 0 Å². The maximum Gasteiger partial charge on any atom is 0.158 e. The van der Waals surface area contributed by atoms with Gasteiger partial charge in [0.1, 0.15) is 0 Å². The van der Waals surface area contributed by atoms with E-state index >= 15 is 0 Å². The van der Waals surface area contributed by atoms with Crippen LogP contribution in [0, 0.1) is 0 Å². The van der Waals surface area contributed by atoms with Crippen LogP contribution in [0.4, 0.5) is 0 Å². The van der Waals surface area contributed by atoms with E-state index in [0.29, 0.717) is 0 Å². The van der Waals surface area contributed by atoms with Crippen molar-refractivity contribution in [3.05, 3.63) is 0 Å². The third-order valence-electron chi connectivity index (χ3n) is 1.25. The smallest absolute Gasteiger partial charge is 0.158 e. The molecule has 2 nitrogen and oxygen atoms in total. The number of thioether (sulfide) groups is 1. The van der Waals surface area contributed by atoms with Crippen LogP contribution in [0.15, 0.2) is 0 Å². The predicted octanol–water partition coefficient (Wildman–Crippen LogP) is 1.11. The summed E-state index contributed by atoms with van der Waals surface area (Å²) in [6, 6.07) is 0. The average molecular weight is 148 g/mol. The maximum absolute atomic E-state index is 5.22. The lowest BCUT2D eigenvalue weighted by atomic mass is 10.5. The summed E-state index contributed by atoms with van der Waals surface area (Å²) >= 11 is 1.83. The Labute approximate surface area is 59.9 Å². The molecule has 0 aromatic carbocycles. The van der Waals surface area contributed by atoms with E-state index in [-0.39, 0.29) is 6.29 Å². The van der Waals surface area contributed by atoms with Crippen molar-refractivity contribution in [3.8, 4) is 0 Å². The first kappa shape index (κ1) is 7.38. The molecule has 0 spiro atoms. The molecule has 0 bridgehead atoms. The Kier molecular flexibility index (Phi) is 3.40. The summed E-state index contributed by atoms with van der Waals surface area (Å²) in [6.07, 6.45) is 3.22. The zero-order valence-electron chi connectivity index (χ0n) is 5.63.